The van der Waals surface area contributed by atoms with Gasteiger partial charge in [0.2, 0.25) is 0 Å². The molecule has 4 nitrogen and oxygen atoms in total. The number of benzene rings is 3. The predicted molar refractivity (Wildman–Crippen MR) is 137 cm³/mol. The maximum absolute atomic E-state index is 13.5. The molecule has 0 saturated heterocycles. The Morgan fingerprint density at radius 2 is 1.65 bits per heavy atom. The van der Waals surface area contributed by atoms with Crippen molar-refractivity contribution in [2.75, 3.05) is 4.90 Å². The van der Waals surface area contributed by atoms with E-state index in [4.69, 9.17) is 11.6 Å². The number of hydrogen-bond acceptors (Lipinski definition) is 3. The number of rotatable bonds is 3. The second kappa shape index (κ2) is 8.96. The number of nitrogens with zero attached hydrogens (tertiary/aromatic N) is 1. The monoisotopic (exact) mass is 468 g/mol. The minimum absolute atomic E-state index is 0.0132. The molecule has 0 amide bonds. The Kier molecular flexibility index (Phi) is 5.84. The molecular weight excluding hydrogens is 444 g/mol. The third-order valence-corrected chi connectivity index (χ3v) is 6.91. The van der Waals surface area contributed by atoms with E-state index in [1.807, 2.05) is 84.6 Å². The number of aryl methyl sites for hydroxylation is 1. The van der Waals surface area contributed by atoms with Gasteiger partial charge in [-0.05, 0) is 43.5 Å². The first kappa shape index (κ1) is 22.2. The lowest BCUT2D eigenvalue weighted by atomic mass is 9.73. The highest BCUT2D eigenvalue weighted by atomic mass is 35.5. The number of amidine groups is 1. The van der Waals surface area contributed by atoms with Crippen LogP contribution >= 0.6 is 11.6 Å². The van der Waals surface area contributed by atoms with Gasteiger partial charge in [-0.2, -0.15) is 0 Å². The Bertz CT molecular complexity index is 1340. The van der Waals surface area contributed by atoms with E-state index in [-0.39, 0.29) is 17.4 Å². The molecule has 0 bridgehead atoms. The number of Topliss-reactive ketones (excluding diaryl/α,β-unsaturated/α-hetero) is 1. The average Bonchev–Trinajstić information content (AvgIpc) is 2.84. The van der Waals surface area contributed by atoms with Crippen LogP contribution < -0.4 is 4.90 Å². The van der Waals surface area contributed by atoms with E-state index in [0.29, 0.717) is 34.6 Å². The molecule has 170 valence electrons. The molecule has 0 saturated carbocycles. The zero-order valence-electron chi connectivity index (χ0n) is 18.9. The summed E-state index contributed by atoms with van der Waals surface area (Å²) in [6.45, 7) is 1.98. The van der Waals surface area contributed by atoms with Gasteiger partial charge in [-0.3, -0.25) is 15.1 Å². The number of halogens is 1. The molecule has 2 N–H and O–H groups in total. The summed E-state index contributed by atoms with van der Waals surface area (Å²) < 4.78 is 0. The number of hydrogen-bond donors (Lipinski definition) is 2. The third kappa shape index (κ3) is 3.74. The summed E-state index contributed by atoms with van der Waals surface area (Å²) in [5, 5.41) is 21.4. The fourth-order valence-electron chi connectivity index (χ4n) is 4.94. The van der Waals surface area contributed by atoms with Gasteiger partial charge in [-0.15, -0.1) is 0 Å². The maximum atomic E-state index is 13.5. The number of carbonyl (C=O) groups is 1. The van der Waals surface area contributed by atoms with E-state index in [1.165, 1.54) is 0 Å². The molecule has 5 rings (SSSR count). The van der Waals surface area contributed by atoms with Crippen molar-refractivity contribution in [3.8, 4) is 0 Å². The highest BCUT2D eigenvalue weighted by Gasteiger charge is 2.43. The van der Waals surface area contributed by atoms with Crippen molar-refractivity contribution in [1.82, 2.24) is 0 Å². The summed E-state index contributed by atoms with van der Waals surface area (Å²) in [6, 6.07) is 24.5. The molecule has 1 aliphatic carbocycles. The van der Waals surface area contributed by atoms with E-state index in [9.17, 15) is 15.3 Å². The van der Waals surface area contributed by atoms with Crippen LogP contribution in [0, 0.1) is 12.3 Å². The lowest BCUT2D eigenvalue weighted by Gasteiger charge is -2.42. The second-order valence-electron chi connectivity index (χ2n) is 8.74. The molecule has 2 aliphatic rings. The molecule has 0 fully saturated rings. The van der Waals surface area contributed by atoms with Crippen LogP contribution in [0.25, 0.3) is 5.76 Å². The Balaban J connectivity index is 1.84. The molecule has 3 aromatic carbocycles. The zero-order valence-corrected chi connectivity index (χ0v) is 19.6. The molecule has 34 heavy (non-hydrogen) atoms. The quantitative estimate of drug-likeness (QED) is 0.399. The summed E-state index contributed by atoms with van der Waals surface area (Å²) in [5.41, 5.74) is 5.00. The molecule has 0 aromatic heterocycles. The second-order valence-corrected chi connectivity index (χ2v) is 9.15. The highest BCUT2D eigenvalue weighted by molar-refractivity contribution is 6.32. The van der Waals surface area contributed by atoms with Crippen molar-refractivity contribution in [3.63, 3.8) is 0 Å². The van der Waals surface area contributed by atoms with Crippen molar-refractivity contribution >= 4 is 34.7 Å². The Labute approximate surface area is 204 Å². The highest BCUT2D eigenvalue weighted by Crippen LogP contribution is 2.49. The topological polar surface area (TPSA) is 64.4 Å². The molecule has 1 atom stereocenters. The number of allylic oxidation sites excluding steroid dienone is 2. The lowest BCUT2D eigenvalue weighted by molar-refractivity contribution is -0.116. The van der Waals surface area contributed by atoms with Crippen molar-refractivity contribution in [2.45, 2.75) is 32.1 Å². The first-order valence-electron chi connectivity index (χ1n) is 11.4. The van der Waals surface area contributed by atoms with E-state index < -0.39 is 5.92 Å². The number of ketones is 1. The van der Waals surface area contributed by atoms with Crippen molar-refractivity contribution in [2.24, 2.45) is 0 Å². The fraction of sp³-hybridized carbons (Fsp3) is 0.172. The van der Waals surface area contributed by atoms with Crippen molar-refractivity contribution in [1.29, 1.82) is 5.41 Å². The smallest absolute Gasteiger partial charge is 0.161 e. The van der Waals surface area contributed by atoms with Crippen LogP contribution in [0.1, 0.15) is 41.9 Å². The summed E-state index contributed by atoms with van der Waals surface area (Å²) in [6.07, 6.45) is 1.85. The molecule has 1 unspecified atom stereocenters. The van der Waals surface area contributed by atoms with Crippen LogP contribution in [0.5, 0.6) is 0 Å². The van der Waals surface area contributed by atoms with Gasteiger partial charge in [-0.25, -0.2) is 0 Å². The SMILES string of the molecule is Cc1ccc(C(O)=C2C(=N)N(c3ccccc3)C3=C(C(=O)CCC3)C2c2ccccc2Cl)cc1. The van der Waals surface area contributed by atoms with Crippen LogP contribution in [0.3, 0.4) is 0 Å². The maximum Gasteiger partial charge on any atom is 0.161 e. The van der Waals surface area contributed by atoms with Gasteiger partial charge in [0, 0.05) is 45.5 Å². The summed E-state index contributed by atoms with van der Waals surface area (Å²) in [7, 11) is 0. The normalized spacial score (nSPS) is 19.8. The number of carbonyl (C=O) groups excluding carboxylic acids is 1. The van der Waals surface area contributed by atoms with Crippen LogP contribution in [0.2, 0.25) is 5.02 Å². The van der Waals surface area contributed by atoms with E-state index in [0.717, 1.165) is 28.9 Å². The molecule has 1 heterocycles. The Morgan fingerprint density at radius 3 is 2.35 bits per heavy atom. The first-order chi connectivity index (χ1) is 16.5. The van der Waals surface area contributed by atoms with Crippen LogP contribution in [-0.4, -0.2) is 16.7 Å². The molecular formula is C29H25ClN2O2. The average molecular weight is 469 g/mol. The van der Waals surface area contributed by atoms with Crippen LogP contribution in [-0.2, 0) is 4.79 Å². The number of aliphatic hydroxyl groups excluding tert-OH is 1. The minimum atomic E-state index is -0.620. The zero-order chi connectivity index (χ0) is 23.8. The lowest BCUT2D eigenvalue weighted by Crippen LogP contribution is -2.42. The number of aliphatic hydroxyl groups is 1. The Hall–Kier alpha value is -3.63. The standard InChI is InChI=1S/C29H25ClN2O2/c1-18-14-16-19(17-15-18)28(34)27-25(21-10-5-6-11-22(21)30)26-23(12-7-13-24(26)33)32(29(27)31)20-8-3-2-4-9-20/h2-6,8-11,14-17,25,31,34H,7,12-13H2,1H3. The third-order valence-electron chi connectivity index (χ3n) is 6.57. The van der Waals surface area contributed by atoms with Gasteiger partial charge in [-0.1, -0.05) is 77.8 Å². The predicted octanol–water partition coefficient (Wildman–Crippen LogP) is 7.21. The molecule has 0 spiro atoms. The van der Waals surface area contributed by atoms with E-state index in [1.54, 1.807) is 6.07 Å². The first-order valence-corrected chi connectivity index (χ1v) is 11.8. The van der Waals surface area contributed by atoms with Gasteiger partial charge in [0.1, 0.15) is 11.6 Å². The molecule has 5 heteroatoms. The molecule has 1 aliphatic heterocycles. The number of nitrogens with one attached hydrogen (secondary N) is 1. The van der Waals surface area contributed by atoms with Gasteiger partial charge < -0.3 is 5.11 Å². The molecule has 0 radical (unpaired) electrons. The van der Waals surface area contributed by atoms with Gasteiger partial charge in [0.05, 0.1) is 0 Å². The molecule has 3 aromatic rings. The Morgan fingerprint density at radius 1 is 0.971 bits per heavy atom. The summed E-state index contributed by atoms with van der Waals surface area (Å²) in [5.74, 6) is -0.442. The van der Waals surface area contributed by atoms with E-state index in [2.05, 4.69) is 0 Å². The summed E-state index contributed by atoms with van der Waals surface area (Å²) >= 11 is 6.65. The van der Waals surface area contributed by atoms with Crippen LogP contribution in [0.15, 0.2) is 95.7 Å². The fourth-order valence-corrected chi connectivity index (χ4v) is 5.19. The largest absolute Gasteiger partial charge is 0.507 e. The number of anilines is 1. The number of para-hydroxylation sites is 1. The van der Waals surface area contributed by atoms with Crippen molar-refractivity contribution < 1.29 is 9.90 Å². The van der Waals surface area contributed by atoms with Gasteiger partial charge in [0.15, 0.2) is 5.78 Å². The van der Waals surface area contributed by atoms with Gasteiger partial charge in [0.25, 0.3) is 0 Å². The van der Waals surface area contributed by atoms with E-state index >= 15 is 0 Å². The van der Waals surface area contributed by atoms with Crippen molar-refractivity contribution in [3.05, 3.63) is 117 Å². The minimum Gasteiger partial charge on any atom is -0.507 e. The van der Waals surface area contributed by atoms with Crippen LogP contribution in [0.4, 0.5) is 5.69 Å². The summed E-state index contributed by atoms with van der Waals surface area (Å²) in [4.78, 5) is 15.3. The van der Waals surface area contributed by atoms with Gasteiger partial charge >= 0.3 is 0 Å².